The van der Waals surface area contributed by atoms with Gasteiger partial charge in [-0.2, -0.15) is 0 Å². The molecular formula is C21H33N3O2. The van der Waals surface area contributed by atoms with E-state index in [1.54, 1.807) is 0 Å². The monoisotopic (exact) mass is 359 g/mol. The van der Waals surface area contributed by atoms with E-state index in [4.69, 9.17) is 14.5 Å². The molecule has 0 radical (unpaired) electrons. The molecule has 1 aliphatic carbocycles. The average molecular weight is 360 g/mol. The van der Waals surface area contributed by atoms with Crippen molar-refractivity contribution in [1.29, 1.82) is 0 Å². The molecule has 1 unspecified atom stereocenters. The quantitative estimate of drug-likeness (QED) is 0.524. The fraction of sp³-hybridized carbons (Fsp3) is 0.667. The second kappa shape index (κ2) is 9.81. The standard InChI is InChI=1S/C21H33N3O2/c1-3-22-21(23-11-10-17-7-8-17)24-14-18-9-6-16(2)13-20(18)26-15-19-5-4-12-25-19/h6,9,13,17,19H,3-5,7-8,10-12,14-15H2,1-2H3,(H2,22,23,24). The third-order valence-electron chi connectivity index (χ3n) is 4.97. The number of rotatable bonds is 9. The number of guanidine groups is 1. The first-order valence-electron chi connectivity index (χ1n) is 10.1. The van der Waals surface area contributed by atoms with Crippen molar-refractivity contribution >= 4 is 5.96 Å². The third kappa shape index (κ3) is 6.20. The van der Waals surface area contributed by atoms with Crippen LogP contribution in [-0.2, 0) is 11.3 Å². The minimum atomic E-state index is 0.230. The molecule has 1 saturated heterocycles. The Kier molecular flexibility index (Phi) is 7.18. The molecule has 0 amide bonds. The van der Waals surface area contributed by atoms with Gasteiger partial charge in [0.15, 0.2) is 5.96 Å². The van der Waals surface area contributed by atoms with Crippen molar-refractivity contribution in [3.63, 3.8) is 0 Å². The van der Waals surface area contributed by atoms with E-state index in [2.05, 4.69) is 42.7 Å². The summed E-state index contributed by atoms with van der Waals surface area (Å²) in [6.45, 7) is 8.14. The van der Waals surface area contributed by atoms with E-state index in [9.17, 15) is 0 Å². The number of hydrogen-bond acceptors (Lipinski definition) is 3. The Hall–Kier alpha value is -1.75. The highest BCUT2D eigenvalue weighted by molar-refractivity contribution is 5.79. The lowest BCUT2D eigenvalue weighted by atomic mass is 10.1. The van der Waals surface area contributed by atoms with Crippen molar-refractivity contribution < 1.29 is 9.47 Å². The molecule has 1 atom stereocenters. The normalized spacial score (nSPS) is 20.2. The molecule has 1 saturated carbocycles. The Morgan fingerprint density at radius 3 is 2.88 bits per heavy atom. The third-order valence-corrected chi connectivity index (χ3v) is 4.97. The van der Waals surface area contributed by atoms with Gasteiger partial charge in [0.1, 0.15) is 12.4 Å². The summed E-state index contributed by atoms with van der Waals surface area (Å²) in [6.07, 6.45) is 6.49. The molecule has 144 valence electrons. The fourth-order valence-electron chi connectivity index (χ4n) is 3.19. The van der Waals surface area contributed by atoms with Crippen molar-refractivity contribution in [2.24, 2.45) is 10.9 Å². The van der Waals surface area contributed by atoms with Gasteiger partial charge in [0.05, 0.1) is 12.6 Å². The summed E-state index contributed by atoms with van der Waals surface area (Å²) in [5.74, 6) is 2.75. The van der Waals surface area contributed by atoms with Crippen LogP contribution in [0.15, 0.2) is 23.2 Å². The number of aliphatic imine (C=N–C) groups is 1. The molecule has 5 nitrogen and oxygen atoms in total. The van der Waals surface area contributed by atoms with Crippen molar-refractivity contribution in [3.8, 4) is 5.75 Å². The topological polar surface area (TPSA) is 54.9 Å². The van der Waals surface area contributed by atoms with E-state index >= 15 is 0 Å². The van der Waals surface area contributed by atoms with Crippen LogP contribution in [0.1, 0.15) is 50.2 Å². The highest BCUT2D eigenvalue weighted by atomic mass is 16.5. The molecule has 26 heavy (non-hydrogen) atoms. The zero-order chi connectivity index (χ0) is 18.2. The SMILES string of the molecule is CCNC(=NCc1ccc(C)cc1OCC1CCCO1)NCCC1CC1. The van der Waals surface area contributed by atoms with Gasteiger partial charge in [-0.05, 0) is 50.7 Å². The molecule has 0 bridgehead atoms. The van der Waals surface area contributed by atoms with E-state index in [1.165, 1.54) is 24.8 Å². The van der Waals surface area contributed by atoms with Crippen LogP contribution in [0.25, 0.3) is 0 Å². The molecule has 2 aliphatic rings. The van der Waals surface area contributed by atoms with Gasteiger partial charge in [0, 0.05) is 25.3 Å². The molecule has 2 N–H and O–H groups in total. The summed E-state index contributed by atoms with van der Waals surface area (Å²) in [6, 6.07) is 6.35. The van der Waals surface area contributed by atoms with Crippen LogP contribution in [0.4, 0.5) is 0 Å². The smallest absolute Gasteiger partial charge is 0.191 e. The Labute approximate surface area is 157 Å². The Morgan fingerprint density at radius 2 is 2.15 bits per heavy atom. The lowest BCUT2D eigenvalue weighted by molar-refractivity contribution is 0.0676. The van der Waals surface area contributed by atoms with E-state index in [0.717, 1.165) is 55.7 Å². The van der Waals surface area contributed by atoms with Crippen LogP contribution < -0.4 is 15.4 Å². The molecule has 0 spiro atoms. The van der Waals surface area contributed by atoms with E-state index < -0.39 is 0 Å². The summed E-state index contributed by atoms with van der Waals surface area (Å²) in [5, 5.41) is 6.78. The average Bonchev–Trinajstić information content (AvgIpc) is 3.31. The number of hydrogen-bond donors (Lipinski definition) is 2. The zero-order valence-electron chi connectivity index (χ0n) is 16.2. The summed E-state index contributed by atoms with van der Waals surface area (Å²) >= 11 is 0. The Morgan fingerprint density at radius 1 is 1.27 bits per heavy atom. The molecule has 3 rings (SSSR count). The van der Waals surface area contributed by atoms with Gasteiger partial charge in [-0.25, -0.2) is 4.99 Å². The van der Waals surface area contributed by atoms with Crippen LogP contribution in [0.2, 0.25) is 0 Å². The number of nitrogens with one attached hydrogen (secondary N) is 2. The number of aryl methyl sites for hydroxylation is 1. The maximum atomic E-state index is 6.08. The molecule has 1 aromatic carbocycles. The lowest BCUT2D eigenvalue weighted by Gasteiger charge is -2.15. The van der Waals surface area contributed by atoms with Crippen molar-refractivity contribution in [3.05, 3.63) is 29.3 Å². The first-order chi connectivity index (χ1) is 12.7. The highest BCUT2D eigenvalue weighted by Crippen LogP contribution is 2.31. The van der Waals surface area contributed by atoms with Gasteiger partial charge in [-0.15, -0.1) is 0 Å². The number of ether oxygens (including phenoxy) is 2. The number of nitrogens with zero attached hydrogens (tertiary/aromatic N) is 1. The lowest BCUT2D eigenvalue weighted by Crippen LogP contribution is -2.37. The molecule has 1 aromatic rings. The Balaban J connectivity index is 1.57. The van der Waals surface area contributed by atoms with E-state index in [1.807, 2.05) is 0 Å². The van der Waals surface area contributed by atoms with Gasteiger partial charge in [0.25, 0.3) is 0 Å². The van der Waals surface area contributed by atoms with Crippen molar-refractivity contribution in [1.82, 2.24) is 10.6 Å². The highest BCUT2D eigenvalue weighted by Gasteiger charge is 2.20. The van der Waals surface area contributed by atoms with Crippen LogP contribution >= 0.6 is 0 Å². The second-order valence-corrected chi connectivity index (χ2v) is 7.41. The number of benzene rings is 1. The molecule has 2 fully saturated rings. The maximum Gasteiger partial charge on any atom is 0.191 e. The van der Waals surface area contributed by atoms with E-state index in [-0.39, 0.29) is 6.10 Å². The van der Waals surface area contributed by atoms with Crippen LogP contribution in [-0.4, -0.2) is 38.4 Å². The van der Waals surface area contributed by atoms with E-state index in [0.29, 0.717) is 13.2 Å². The summed E-state index contributed by atoms with van der Waals surface area (Å²) in [7, 11) is 0. The van der Waals surface area contributed by atoms with Gasteiger partial charge in [-0.3, -0.25) is 0 Å². The second-order valence-electron chi connectivity index (χ2n) is 7.41. The Bertz CT molecular complexity index is 593. The van der Waals surface area contributed by atoms with Gasteiger partial charge in [0.2, 0.25) is 0 Å². The molecular weight excluding hydrogens is 326 g/mol. The first-order valence-corrected chi connectivity index (χ1v) is 10.1. The van der Waals surface area contributed by atoms with Crippen molar-refractivity contribution in [2.75, 3.05) is 26.3 Å². The summed E-state index contributed by atoms with van der Waals surface area (Å²) in [5.41, 5.74) is 2.32. The minimum absolute atomic E-state index is 0.230. The fourth-order valence-corrected chi connectivity index (χ4v) is 3.19. The largest absolute Gasteiger partial charge is 0.491 e. The summed E-state index contributed by atoms with van der Waals surface area (Å²) < 4.78 is 11.8. The van der Waals surface area contributed by atoms with Crippen molar-refractivity contribution in [2.45, 2.75) is 58.6 Å². The predicted octanol–water partition coefficient (Wildman–Crippen LogP) is 3.41. The minimum Gasteiger partial charge on any atom is -0.491 e. The van der Waals surface area contributed by atoms with Gasteiger partial charge >= 0.3 is 0 Å². The predicted molar refractivity (Wildman–Crippen MR) is 106 cm³/mol. The van der Waals surface area contributed by atoms with Crippen LogP contribution in [0.3, 0.4) is 0 Å². The maximum absolute atomic E-state index is 6.08. The zero-order valence-corrected chi connectivity index (χ0v) is 16.2. The van der Waals surface area contributed by atoms with Gasteiger partial charge < -0.3 is 20.1 Å². The molecule has 5 heteroatoms. The van der Waals surface area contributed by atoms with Gasteiger partial charge in [-0.1, -0.05) is 25.0 Å². The van der Waals surface area contributed by atoms with Crippen LogP contribution in [0, 0.1) is 12.8 Å². The molecule has 1 heterocycles. The van der Waals surface area contributed by atoms with Crippen LogP contribution in [0.5, 0.6) is 5.75 Å². The molecule has 0 aromatic heterocycles. The first kappa shape index (κ1) is 19.0. The molecule has 1 aliphatic heterocycles. The summed E-state index contributed by atoms with van der Waals surface area (Å²) in [4.78, 5) is 4.75.